The molecule has 0 spiro atoms. The fraction of sp³-hybridized carbons (Fsp3) is 0.312. The molecule has 198 valence electrons. The van der Waals surface area contributed by atoms with E-state index in [0.717, 1.165) is 0 Å². The van der Waals surface area contributed by atoms with E-state index in [-0.39, 0.29) is 24.4 Å². The molecule has 0 saturated heterocycles. The van der Waals surface area contributed by atoms with Gasteiger partial charge in [0.05, 0.1) is 10.8 Å². The van der Waals surface area contributed by atoms with E-state index in [0.29, 0.717) is 35.5 Å². The zero-order chi connectivity index (χ0) is 27.8. The predicted octanol–water partition coefficient (Wildman–Crippen LogP) is 6.88. The number of carbonyl (C=O) groups is 4. The fourth-order valence-electron chi connectivity index (χ4n) is 3.65. The van der Waals surface area contributed by atoms with Crippen molar-refractivity contribution in [3.05, 3.63) is 96.1 Å². The van der Waals surface area contributed by atoms with Gasteiger partial charge in [0, 0.05) is 24.0 Å². The molecule has 3 aromatic rings. The van der Waals surface area contributed by atoms with Crippen molar-refractivity contribution in [3.8, 4) is 11.5 Å². The highest BCUT2D eigenvalue weighted by Gasteiger charge is 2.32. The number of benzene rings is 3. The summed E-state index contributed by atoms with van der Waals surface area (Å²) in [6, 6.07) is 24.1. The molecule has 0 fully saturated rings. The number of hydrogen-bond acceptors (Lipinski definition) is 6. The van der Waals surface area contributed by atoms with Gasteiger partial charge in [-0.3, -0.25) is 19.2 Å². The molecule has 0 N–H and O–H groups in total. The molecule has 0 atom stereocenters. The monoisotopic (exact) mass is 514 g/mol. The van der Waals surface area contributed by atoms with E-state index in [1.54, 1.807) is 100 Å². The van der Waals surface area contributed by atoms with Crippen LogP contribution in [0.3, 0.4) is 0 Å². The first-order chi connectivity index (χ1) is 18.0. The number of para-hydroxylation sites is 2. The zero-order valence-corrected chi connectivity index (χ0v) is 22.4. The van der Waals surface area contributed by atoms with Crippen LogP contribution in [0, 0.1) is 10.8 Å². The summed E-state index contributed by atoms with van der Waals surface area (Å²) in [5.74, 6) is -0.0907. The summed E-state index contributed by atoms with van der Waals surface area (Å²) in [6.45, 7) is 7.02. The molecule has 0 aliphatic heterocycles. The van der Waals surface area contributed by atoms with E-state index in [4.69, 9.17) is 9.47 Å². The zero-order valence-electron chi connectivity index (χ0n) is 22.4. The highest BCUT2D eigenvalue weighted by Crippen LogP contribution is 2.28. The van der Waals surface area contributed by atoms with Crippen LogP contribution in [-0.4, -0.2) is 23.5 Å². The average molecular weight is 515 g/mol. The molecular weight excluding hydrogens is 480 g/mol. The van der Waals surface area contributed by atoms with E-state index in [1.807, 2.05) is 12.1 Å². The van der Waals surface area contributed by atoms with Gasteiger partial charge in [-0.25, -0.2) is 0 Å². The Morgan fingerprint density at radius 1 is 0.526 bits per heavy atom. The SMILES string of the molecule is CC(C)(CCC(=O)c1ccc(C(=O)CCC(C)(C)C(=O)Oc2ccccc2)cc1)C(=O)Oc1ccccc1. The molecule has 0 bridgehead atoms. The van der Waals surface area contributed by atoms with Crippen LogP contribution in [0.2, 0.25) is 0 Å². The summed E-state index contributed by atoms with van der Waals surface area (Å²) < 4.78 is 10.9. The molecule has 0 aliphatic rings. The van der Waals surface area contributed by atoms with Crippen molar-refractivity contribution in [1.29, 1.82) is 0 Å². The van der Waals surface area contributed by atoms with Gasteiger partial charge in [0.1, 0.15) is 11.5 Å². The smallest absolute Gasteiger partial charge is 0.316 e. The predicted molar refractivity (Wildman–Crippen MR) is 145 cm³/mol. The molecule has 38 heavy (non-hydrogen) atoms. The van der Waals surface area contributed by atoms with Crippen molar-refractivity contribution in [2.24, 2.45) is 10.8 Å². The van der Waals surface area contributed by atoms with Gasteiger partial charge in [-0.1, -0.05) is 60.7 Å². The Labute approximate surface area is 224 Å². The number of ketones is 2. The molecule has 0 amide bonds. The summed E-state index contributed by atoms with van der Waals surface area (Å²) >= 11 is 0. The maximum Gasteiger partial charge on any atom is 0.316 e. The van der Waals surface area contributed by atoms with Gasteiger partial charge in [-0.05, 0) is 64.8 Å². The molecule has 0 radical (unpaired) electrons. The Bertz CT molecular complexity index is 1160. The lowest BCUT2D eigenvalue weighted by Crippen LogP contribution is -2.29. The number of Topliss-reactive ketones (excluding diaryl/α,β-unsaturated/α-hetero) is 2. The summed E-state index contributed by atoms with van der Waals surface area (Å²) in [6.07, 6.45) is 0.989. The Kier molecular flexibility index (Phi) is 9.35. The molecule has 0 unspecified atom stereocenters. The van der Waals surface area contributed by atoms with E-state index in [1.165, 1.54) is 0 Å². The number of hydrogen-bond donors (Lipinski definition) is 0. The van der Waals surface area contributed by atoms with Gasteiger partial charge < -0.3 is 9.47 Å². The molecule has 6 heteroatoms. The minimum absolute atomic E-state index is 0.116. The molecule has 6 nitrogen and oxygen atoms in total. The van der Waals surface area contributed by atoms with Crippen LogP contribution in [0.4, 0.5) is 0 Å². The van der Waals surface area contributed by atoms with Crippen molar-refractivity contribution in [2.75, 3.05) is 0 Å². The van der Waals surface area contributed by atoms with E-state index in [2.05, 4.69) is 0 Å². The number of rotatable bonds is 12. The van der Waals surface area contributed by atoms with Gasteiger partial charge in [0.2, 0.25) is 0 Å². The van der Waals surface area contributed by atoms with Crippen molar-refractivity contribution >= 4 is 23.5 Å². The average Bonchev–Trinajstić information content (AvgIpc) is 2.91. The Morgan fingerprint density at radius 2 is 0.842 bits per heavy atom. The second-order valence-electron chi connectivity index (χ2n) is 10.6. The van der Waals surface area contributed by atoms with E-state index < -0.39 is 22.8 Å². The van der Waals surface area contributed by atoms with Crippen LogP contribution in [0.1, 0.15) is 74.1 Å². The van der Waals surface area contributed by atoms with Crippen LogP contribution < -0.4 is 9.47 Å². The lowest BCUT2D eigenvalue weighted by atomic mass is 9.85. The first-order valence-corrected chi connectivity index (χ1v) is 12.7. The minimum atomic E-state index is -0.837. The summed E-state index contributed by atoms with van der Waals surface area (Å²) in [7, 11) is 0. The maximum absolute atomic E-state index is 12.7. The summed E-state index contributed by atoms with van der Waals surface area (Å²) in [5, 5.41) is 0. The van der Waals surface area contributed by atoms with Crippen molar-refractivity contribution in [2.45, 2.75) is 53.4 Å². The van der Waals surface area contributed by atoms with Crippen molar-refractivity contribution in [3.63, 3.8) is 0 Å². The molecule has 3 rings (SSSR count). The number of carbonyl (C=O) groups excluding carboxylic acids is 4. The molecule has 0 heterocycles. The first-order valence-electron chi connectivity index (χ1n) is 12.7. The summed E-state index contributed by atoms with van der Waals surface area (Å²) in [4.78, 5) is 50.6. The number of esters is 2. The quantitative estimate of drug-likeness (QED) is 0.149. The van der Waals surface area contributed by atoms with Gasteiger partial charge >= 0.3 is 11.9 Å². The normalized spacial score (nSPS) is 11.5. The standard InChI is InChI=1S/C32H34O6/c1-31(2,29(35)37-25-11-7-5-8-12-25)21-19-27(33)23-15-17-24(18-16-23)28(34)20-22-32(3,4)30(36)38-26-13-9-6-10-14-26/h5-18H,19-22H2,1-4H3. The van der Waals surface area contributed by atoms with Gasteiger partial charge in [-0.2, -0.15) is 0 Å². The highest BCUT2D eigenvalue weighted by atomic mass is 16.5. The summed E-state index contributed by atoms with van der Waals surface area (Å²) in [5.41, 5.74) is -0.729. The molecule has 0 aromatic heterocycles. The molecule has 3 aromatic carbocycles. The molecule has 0 aliphatic carbocycles. The Morgan fingerprint density at radius 3 is 1.16 bits per heavy atom. The Balaban J connectivity index is 1.50. The first kappa shape index (κ1) is 28.5. The van der Waals surface area contributed by atoms with Crippen LogP contribution in [0.5, 0.6) is 11.5 Å². The van der Waals surface area contributed by atoms with Crippen LogP contribution in [-0.2, 0) is 9.59 Å². The second-order valence-corrected chi connectivity index (χ2v) is 10.6. The van der Waals surface area contributed by atoms with Gasteiger partial charge in [0.25, 0.3) is 0 Å². The second kappa shape index (κ2) is 12.5. The van der Waals surface area contributed by atoms with Crippen LogP contribution in [0.15, 0.2) is 84.9 Å². The third kappa shape index (κ3) is 7.97. The van der Waals surface area contributed by atoms with Gasteiger partial charge in [-0.15, -0.1) is 0 Å². The molecule has 0 saturated carbocycles. The maximum atomic E-state index is 12.7. The van der Waals surface area contributed by atoms with Crippen LogP contribution in [0.25, 0.3) is 0 Å². The lowest BCUT2D eigenvalue weighted by molar-refractivity contribution is -0.145. The minimum Gasteiger partial charge on any atom is -0.426 e. The highest BCUT2D eigenvalue weighted by molar-refractivity contribution is 6.00. The Hall–Kier alpha value is -4.06. The molecular formula is C32H34O6. The van der Waals surface area contributed by atoms with E-state index in [9.17, 15) is 19.2 Å². The fourth-order valence-corrected chi connectivity index (χ4v) is 3.65. The largest absolute Gasteiger partial charge is 0.426 e. The topological polar surface area (TPSA) is 86.7 Å². The third-order valence-corrected chi connectivity index (χ3v) is 6.50. The van der Waals surface area contributed by atoms with Crippen LogP contribution >= 0.6 is 0 Å². The van der Waals surface area contributed by atoms with Crippen molar-refractivity contribution in [1.82, 2.24) is 0 Å². The van der Waals surface area contributed by atoms with E-state index >= 15 is 0 Å². The van der Waals surface area contributed by atoms with Gasteiger partial charge in [0.15, 0.2) is 11.6 Å². The lowest BCUT2D eigenvalue weighted by Gasteiger charge is -2.22. The third-order valence-electron chi connectivity index (χ3n) is 6.50. The van der Waals surface area contributed by atoms with Crippen molar-refractivity contribution < 1.29 is 28.7 Å². The number of ether oxygens (including phenoxy) is 2.